The van der Waals surface area contributed by atoms with E-state index in [1.165, 1.54) is 34.4 Å². The number of ether oxygens (including phenoxy) is 2. The summed E-state index contributed by atoms with van der Waals surface area (Å²) in [6.45, 7) is -0.239. The minimum atomic E-state index is -2.38. The molecule has 4 aromatic heterocycles. The second-order valence-corrected chi connectivity index (χ2v) is 13.8. The van der Waals surface area contributed by atoms with Gasteiger partial charge in [0, 0.05) is 13.1 Å². The largest absolute Gasteiger partial charge is 0.582 e. The number of imidazole rings is 2. The number of nitrogens with zero attached hydrogens (tertiary/aromatic N) is 8. The van der Waals surface area contributed by atoms with Crippen LogP contribution in [-0.4, -0.2) is 122 Å². The lowest BCUT2D eigenvalue weighted by atomic mass is 10.1. The number of aliphatic hydroxyl groups is 4. The molecule has 0 aromatic carbocycles. The van der Waals surface area contributed by atoms with E-state index >= 15 is 0 Å². The Morgan fingerprint density at radius 1 is 0.750 bits per heavy atom. The highest BCUT2D eigenvalue weighted by molar-refractivity contribution is 8.39. The fourth-order valence-corrected chi connectivity index (χ4v) is 7.01. The average molecular weight is 745 g/mol. The van der Waals surface area contributed by atoms with Gasteiger partial charge in [0.1, 0.15) is 61.6 Å². The van der Waals surface area contributed by atoms with Gasteiger partial charge in [0.2, 0.25) is 0 Å². The maximum atomic E-state index is 11.7. The SMILES string of the molecule is O=[P+](S)O[C@@H]1[C@H](O)[C@@H](CO)O[C@H]1n1cnc2c(NC/C=C/CNc3ncnc4c3ncn4[C@@H]3OC(CO)[C@@H](O[P+](=O)S)[C@H]3O)ncnc21. The summed E-state index contributed by atoms with van der Waals surface area (Å²) in [4.78, 5) is 25.8. The van der Waals surface area contributed by atoms with Gasteiger partial charge < -0.3 is 40.5 Å². The van der Waals surface area contributed by atoms with Gasteiger partial charge in [0.05, 0.1) is 25.9 Å². The fourth-order valence-electron chi connectivity index (χ4n) is 5.45. The molecule has 256 valence electrons. The molecule has 0 radical (unpaired) electrons. The lowest BCUT2D eigenvalue weighted by Gasteiger charge is -2.16. The Bertz CT molecular complexity index is 1820. The maximum Gasteiger partial charge on any atom is 0.582 e. The predicted molar refractivity (Wildman–Crippen MR) is 174 cm³/mol. The molecule has 0 bridgehead atoms. The normalized spacial score (nSPS) is 28.1. The van der Waals surface area contributed by atoms with Crippen LogP contribution in [0.25, 0.3) is 22.3 Å². The molecule has 4 aromatic rings. The molecule has 2 aliphatic heterocycles. The number of aliphatic hydroxyl groups excluding tert-OH is 4. The van der Waals surface area contributed by atoms with Gasteiger partial charge in [-0.1, -0.05) is 12.2 Å². The van der Waals surface area contributed by atoms with Crippen LogP contribution in [0, 0.1) is 0 Å². The van der Waals surface area contributed by atoms with E-state index in [4.69, 9.17) is 18.5 Å². The molecule has 0 spiro atoms. The molecule has 6 N–H and O–H groups in total. The van der Waals surface area contributed by atoms with E-state index in [-0.39, 0.29) is 0 Å². The summed E-state index contributed by atoms with van der Waals surface area (Å²) in [6.07, 6.45) is 0.571. The minimum absolute atomic E-state index is 0.351. The topological polar surface area (TPSA) is 263 Å². The van der Waals surface area contributed by atoms with E-state index in [0.717, 1.165) is 0 Å². The molecule has 6 rings (SSSR count). The lowest BCUT2D eigenvalue weighted by Crippen LogP contribution is -2.34. The van der Waals surface area contributed by atoms with Crippen LogP contribution in [0.3, 0.4) is 0 Å². The molecule has 2 fully saturated rings. The van der Waals surface area contributed by atoms with Crippen molar-refractivity contribution in [3.8, 4) is 0 Å². The molecule has 48 heavy (non-hydrogen) atoms. The Hall–Kier alpha value is -2.98. The molecule has 0 saturated carbocycles. The Labute approximate surface area is 283 Å². The first-order chi connectivity index (χ1) is 23.2. The Kier molecular flexibility index (Phi) is 11.1. The van der Waals surface area contributed by atoms with Crippen molar-refractivity contribution in [2.45, 2.75) is 49.1 Å². The highest BCUT2D eigenvalue weighted by Crippen LogP contribution is 2.42. The van der Waals surface area contributed by atoms with Crippen molar-refractivity contribution in [2.24, 2.45) is 0 Å². The fraction of sp³-hybridized carbons (Fsp3) is 0.500. The molecule has 2 saturated heterocycles. The van der Waals surface area contributed by atoms with E-state index in [1.807, 2.05) is 12.2 Å². The van der Waals surface area contributed by atoms with Crippen LogP contribution in [0.5, 0.6) is 0 Å². The molecule has 6 heterocycles. The highest BCUT2D eigenvalue weighted by atomic mass is 32.7. The van der Waals surface area contributed by atoms with E-state index in [1.54, 1.807) is 0 Å². The van der Waals surface area contributed by atoms with Crippen LogP contribution >= 0.6 is 39.0 Å². The molecule has 2 aliphatic rings. The van der Waals surface area contributed by atoms with Gasteiger partial charge in [0.15, 0.2) is 58.6 Å². The first-order valence-electron chi connectivity index (χ1n) is 14.2. The van der Waals surface area contributed by atoms with Crippen LogP contribution in [0.1, 0.15) is 12.5 Å². The standard InChI is InChI=1S/C24H28N10O10P2S2/c35-5-11-15(37)18(44-46(40)48)24(41-11)34-10-32-14-20(28-8-30-22(14)34)26-4-2-1-3-25-19-13-21(29-7-27-19)33(9-31-13)23-16(38)17(43-45(39)47)12(6-36)42-23/h1-2,7-12,15-18,23-24,35-38H,3-6H2,(H2-2,25,26,27,28,29,30,39,40,47,48)/p+2/b2-1+/t11-,12?,15-,16-,17-,18-,23-,24-/m1/s1. The summed E-state index contributed by atoms with van der Waals surface area (Å²) < 4.78 is 48.1. The van der Waals surface area contributed by atoms with E-state index in [2.05, 4.69) is 65.0 Å². The Morgan fingerprint density at radius 3 is 1.77 bits per heavy atom. The molecule has 3 unspecified atom stereocenters. The zero-order valence-electron chi connectivity index (χ0n) is 24.5. The van der Waals surface area contributed by atoms with Crippen molar-refractivity contribution < 1.29 is 48.1 Å². The Morgan fingerprint density at radius 2 is 1.25 bits per heavy atom. The van der Waals surface area contributed by atoms with Crippen LogP contribution in [0.4, 0.5) is 11.6 Å². The summed E-state index contributed by atoms with van der Waals surface area (Å²) in [7, 11) is -4.73. The quantitative estimate of drug-likeness (QED) is 0.0496. The minimum Gasteiger partial charge on any atom is -0.394 e. The van der Waals surface area contributed by atoms with Crippen molar-refractivity contribution >= 4 is 72.9 Å². The summed E-state index contributed by atoms with van der Waals surface area (Å²) in [5.74, 6) is 0.840. The van der Waals surface area contributed by atoms with Crippen LogP contribution < -0.4 is 10.6 Å². The summed E-state index contributed by atoms with van der Waals surface area (Å²) in [6, 6.07) is 0. The number of fused-ring (bicyclic) bond motifs is 2. The van der Waals surface area contributed by atoms with E-state index < -0.39 is 76.8 Å². The lowest BCUT2D eigenvalue weighted by molar-refractivity contribution is -0.0502. The van der Waals surface area contributed by atoms with E-state index in [0.29, 0.717) is 47.1 Å². The van der Waals surface area contributed by atoms with Gasteiger partial charge in [-0.25, -0.2) is 29.9 Å². The molecule has 0 aliphatic carbocycles. The van der Waals surface area contributed by atoms with Crippen molar-refractivity contribution in [1.29, 1.82) is 0 Å². The van der Waals surface area contributed by atoms with Crippen molar-refractivity contribution in [2.75, 3.05) is 36.9 Å². The van der Waals surface area contributed by atoms with Gasteiger partial charge in [-0.15, -0.1) is 9.05 Å². The van der Waals surface area contributed by atoms with Gasteiger partial charge in [-0.3, -0.25) is 9.13 Å². The summed E-state index contributed by atoms with van der Waals surface area (Å²) in [5.41, 5.74) is 1.51. The number of thiol groups is 2. The second-order valence-electron chi connectivity index (χ2n) is 10.4. The monoisotopic (exact) mass is 744 g/mol. The van der Waals surface area contributed by atoms with Crippen molar-refractivity contribution in [3.63, 3.8) is 0 Å². The van der Waals surface area contributed by atoms with Crippen molar-refractivity contribution in [1.82, 2.24) is 39.0 Å². The number of nitrogens with one attached hydrogen (secondary N) is 2. The summed E-state index contributed by atoms with van der Waals surface area (Å²) in [5, 5.41) is 46.8. The first-order valence-corrected chi connectivity index (χ1v) is 18.9. The van der Waals surface area contributed by atoms with Crippen LogP contribution in [-0.2, 0) is 27.7 Å². The van der Waals surface area contributed by atoms with Crippen molar-refractivity contribution in [3.05, 3.63) is 37.5 Å². The summed E-state index contributed by atoms with van der Waals surface area (Å²) >= 11 is 7.51. The zero-order valence-corrected chi connectivity index (χ0v) is 28.1. The number of hydrogen-bond donors (Lipinski definition) is 8. The molecular formula is C24H30N10O10P2S2+2. The van der Waals surface area contributed by atoms with E-state index in [9.17, 15) is 29.6 Å². The van der Waals surface area contributed by atoms with Gasteiger partial charge >= 0.3 is 14.5 Å². The molecular weight excluding hydrogens is 714 g/mol. The third-order valence-corrected chi connectivity index (χ3v) is 9.03. The predicted octanol–water partition coefficient (Wildman–Crippen LogP) is 0.492. The average Bonchev–Trinajstić information content (AvgIpc) is 3.83. The van der Waals surface area contributed by atoms with Gasteiger partial charge in [-0.2, -0.15) is 0 Å². The third-order valence-electron chi connectivity index (χ3n) is 7.61. The molecule has 0 amide bonds. The first kappa shape index (κ1) is 34.9. The molecule has 24 heteroatoms. The third kappa shape index (κ3) is 7.02. The highest BCUT2D eigenvalue weighted by Gasteiger charge is 2.51. The van der Waals surface area contributed by atoms with Gasteiger partial charge in [0.25, 0.3) is 0 Å². The second kappa shape index (κ2) is 15.3. The number of anilines is 2. The van der Waals surface area contributed by atoms with Gasteiger partial charge in [-0.05, 0) is 9.13 Å². The number of aromatic nitrogens is 8. The van der Waals surface area contributed by atoms with Crippen LogP contribution in [0.15, 0.2) is 37.5 Å². The molecule has 20 nitrogen and oxygen atoms in total. The smallest absolute Gasteiger partial charge is 0.394 e. The number of hydrogen-bond acceptors (Lipinski definition) is 18. The zero-order chi connectivity index (χ0) is 33.9. The number of rotatable bonds is 14. The Balaban J connectivity index is 1.08. The van der Waals surface area contributed by atoms with Crippen LogP contribution in [0.2, 0.25) is 0 Å². The maximum absolute atomic E-state index is 11.7. The molecule has 10 atom stereocenters.